The molecule has 0 saturated carbocycles. The Labute approximate surface area is 132 Å². The molecule has 20 heavy (non-hydrogen) atoms. The van der Waals surface area contributed by atoms with E-state index < -0.39 is 0 Å². The van der Waals surface area contributed by atoms with Crippen LogP contribution in [-0.4, -0.2) is 21.5 Å². The Bertz CT molecular complexity index is 577. The third-order valence-electron chi connectivity index (χ3n) is 3.24. The van der Waals surface area contributed by atoms with Crippen LogP contribution in [0.2, 0.25) is 5.02 Å². The van der Waals surface area contributed by atoms with Gasteiger partial charge in [-0.1, -0.05) is 29.8 Å². The summed E-state index contributed by atoms with van der Waals surface area (Å²) in [6, 6.07) is 6.00. The molecular weight excluding hydrogens is 340 g/mol. The number of benzene rings is 1. The quantitative estimate of drug-likeness (QED) is 0.888. The van der Waals surface area contributed by atoms with Crippen molar-refractivity contribution in [1.29, 1.82) is 0 Å². The highest BCUT2D eigenvalue weighted by molar-refractivity contribution is 9.10. The predicted octanol–water partition coefficient (Wildman–Crippen LogP) is 3.63. The van der Waals surface area contributed by atoms with E-state index in [0.717, 1.165) is 33.8 Å². The molecule has 108 valence electrons. The lowest BCUT2D eigenvalue weighted by molar-refractivity contribution is 0.548. The van der Waals surface area contributed by atoms with Crippen LogP contribution >= 0.6 is 27.5 Å². The fourth-order valence-electron chi connectivity index (χ4n) is 2.25. The molecule has 0 bridgehead atoms. The van der Waals surface area contributed by atoms with E-state index in [1.54, 1.807) is 4.68 Å². The van der Waals surface area contributed by atoms with Crippen LogP contribution in [0.25, 0.3) is 0 Å². The molecule has 1 N–H and O–H groups in total. The van der Waals surface area contributed by atoms with Crippen molar-refractivity contribution in [3.05, 3.63) is 44.6 Å². The molecule has 0 aliphatic heterocycles. The van der Waals surface area contributed by atoms with Crippen LogP contribution in [-0.2, 0) is 7.05 Å². The molecule has 0 aliphatic carbocycles. The molecule has 0 saturated heterocycles. The average Bonchev–Trinajstić information content (AvgIpc) is 2.72. The van der Waals surface area contributed by atoms with Crippen LogP contribution in [0.3, 0.4) is 0 Å². The Morgan fingerprint density at radius 2 is 2.20 bits per heavy atom. The fraction of sp³-hybridized carbons (Fsp3) is 0.429. The van der Waals surface area contributed by atoms with E-state index >= 15 is 0 Å². The monoisotopic (exact) mass is 356 g/mol. The van der Waals surface area contributed by atoms with E-state index in [9.17, 15) is 0 Å². The average molecular weight is 358 g/mol. The maximum atomic E-state index is 6.05. The maximum Gasteiger partial charge on any atom is 0.153 e. The summed E-state index contributed by atoms with van der Waals surface area (Å²) in [6.07, 6.45) is 1.06. The van der Waals surface area contributed by atoms with Crippen molar-refractivity contribution in [3.8, 4) is 0 Å². The van der Waals surface area contributed by atoms with Crippen LogP contribution in [0.4, 0.5) is 0 Å². The SMILES string of the molecule is CCCNC(c1ccc(Cl)cc1C)c1c(Br)nnn1C. The number of rotatable bonds is 5. The van der Waals surface area contributed by atoms with Gasteiger partial charge in [0, 0.05) is 12.1 Å². The second-order valence-electron chi connectivity index (χ2n) is 4.78. The van der Waals surface area contributed by atoms with Gasteiger partial charge in [-0.05, 0) is 59.1 Å². The minimum absolute atomic E-state index is 0.0431. The Balaban J connectivity index is 2.47. The van der Waals surface area contributed by atoms with Gasteiger partial charge in [-0.15, -0.1) is 5.10 Å². The zero-order chi connectivity index (χ0) is 14.7. The molecule has 6 heteroatoms. The topological polar surface area (TPSA) is 42.7 Å². The van der Waals surface area contributed by atoms with Gasteiger partial charge in [0.15, 0.2) is 4.60 Å². The normalized spacial score (nSPS) is 12.7. The van der Waals surface area contributed by atoms with Crippen LogP contribution in [0.15, 0.2) is 22.8 Å². The smallest absolute Gasteiger partial charge is 0.153 e. The first-order valence-corrected chi connectivity index (χ1v) is 7.76. The summed E-state index contributed by atoms with van der Waals surface area (Å²) >= 11 is 9.54. The van der Waals surface area contributed by atoms with E-state index in [1.165, 1.54) is 5.56 Å². The molecule has 0 fully saturated rings. The zero-order valence-electron chi connectivity index (χ0n) is 11.8. The minimum atomic E-state index is 0.0431. The van der Waals surface area contributed by atoms with Gasteiger partial charge in [-0.25, -0.2) is 4.68 Å². The number of hydrogen-bond donors (Lipinski definition) is 1. The van der Waals surface area contributed by atoms with E-state index in [2.05, 4.69) is 51.5 Å². The summed E-state index contributed by atoms with van der Waals surface area (Å²) in [5.74, 6) is 0. The molecule has 0 radical (unpaired) electrons. The molecule has 1 aromatic carbocycles. The third kappa shape index (κ3) is 3.22. The number of nitrogens with zero attached hydrogens (tertiary/aromatic N) is 3. The molecular formula is C14H18BrClN4. The summed E-state index contributed by atoms with van der Waals surface area (Å²) in [4.78, 5) is 0. The zero-order valence-corrected chi connectivity index (χ0v) is 14.2. The van der Waals surface area contributed by atoms with Gasteiger partial charge in [0.05, 0.1) is 11.7 Å². The van der Waals surface area contributed by atoms with Gasteiger partial charge in [0.25, 0.3) is 0 Å². The summed E-state index contributed by atoms with van der Waals surface area (Å²) in [5, 5.41) is 12.5. The molecule has 1 aromatic heterocycles. The second kappa shape index (κ2) is 6.70. The number of nitrogens with one attached hydrogen (secondary N) is 1. The van der Waals surface area contributed by atoms with Crippen LogP contribution in [0, 0.1) is 6.92 Å². The highest BCUT2D eigenvalue weighted by Gasteiger charge is 2.22. The molecule has 4 nitrogen and oxygen atoms in total. The van der Waals surface area contributed by atoms with Crippen LogP contribution in [0.1, 0.15) is 36.2 Å². The first kappa shape index (κ1) is 15.5. The molecule has 0 amide bonds. The molecule has 0 spiro atoms. The second-order valence-corrected chi connectivity index (χ2v) is 5.96. The van der Waals surface area contributed by atoms with E-state index in [1.807, 2.05) is 19.2 Å². The molecule has 2 aromatic rings. The van der Waals surface area contributed by atoms with E-state index in [4.69, 9.17) is 11.6 Å². The van der Waals surface area contributed by atoms with Gasteiger partial charge in [0.1, 0.15) is 0 Å². The predicted molar refractivity (Wildman–Crippen MR) is 85.0 cm³/mol. The van der Waals surface area contributed by atoms with Crippen molar-refractivity contribution >= 4 is 27.5 Å². The van der Waals surface area contributed by atoms with Gasteiger partial charge in [0.2, 0.25) is 0 Å². The minimum Gasteiger partial charge on any atom is -0.305 e. The Morgan fingerprint density at radius 3 is 2.75 bits per heavy atom. The van der Waals surface area contributed by atoms with E-state index in [-0.39, 0.29) is 6.04 Å². The molecule has 0 aliphatic rings. The van der Waals surface area contributed by atoms with Crippen molar-refractivity contribution in [2.24, 2.45) is 7.05 Å². The Hall–Kier alpha value is -0.910. The lowest BCUT2D eigenvalue weighted by Gasteiger charge is -2.21. The van der Waals surface area contributed by atoms with Crippen LogP contribution < -0.4 is 5.32 Å². The van der Waals surface area contributed by atoms with Gasteiger partial charge < -0.3 is 5.32 Å². The molecule has 2 rings (SSSR count). The van der Waals surface area contributed by atoms with Crippen molar-refractivity contribution in [3.63, 3.8) is 0 Å². The Morgan fingerprint density at radius 1 is 1.45 bits per heavy atom. The highest BCUT2D eigenvalue weighted by Crippen LogP contribution is 2.30. The lowest BCUT2D eigenvalue weighted by atomic mass is 9.99. The number of hydrogen-bond acceptors (Lipinski definition) is 3. The number of halogens is 2. The summed E-state index contributed by atoms with van der Waals surface area (Å²) in [7, 11) is 1.90. The lowest BCUT2D eigenvalue weighted by Crippen LogP contribution is -2.26. The molecule has 1 unspecified atom stereocenters. The van der Waals surface area contributed by atoms with Gasteiger partial charge >= 0.3 is 0 Å². The van der Waals surface area contributed by atoms with Crippen molar-refractivity contribution in [1.82, 2.24) is 20.3 Å². The number of aromatic nitrogens is 3. The fourth-order valence-corrected chi connectivity index (χ4v) is 3.03. The standard InChI is InChI=1S/C14H18BrClN4/c1-4-7-17-12(13-14(15)18-19-20(13)3)11-6-5-10(16)8-9(11)2/h5-6,8,12,17H,4,7H2,1-3H3. The van der Waals surface area contributed by atoms with Gasteiger partial charge in [-0.3, -0.25) is 0 Å². The summed E-state index contributed by atoms with van der Waals surface area (Å²) in [6.45, 7) is 5.14. The summed E-state index contributed by atoms with van der Waals surface area (Å²) in [5.41, 5.74) is 3.36. The van der Waals surface area contributed by atoms with Crippen LogP contribution in [0.5, 0.6) is 0 Å². The van der Waals surface area contributed by atoms with Gasteiger partial charge in [-0.2, -0.15) is 0 Å². The molecule has 1 heterocycles. The van der Waals surface area contributed by atoms with Crippen molar-refractivity contribution in [2.75, 3.05) is 6.54 Å². The Kier molecular flexibility index (Phi) is 5.18. The third-order valence-corrected chi connectivity index (χ3v) is 4.04. The largest absolute Gasteiger partial charge is 0.305 e. The number of aryl methyl sites for hydroxylation is 2. The molecule has 1 atom stereocenters. The maximum absolute atomic E-state index is 6.05. The first-order valence-electron chi connectivity index (χ1n) is 6.59. The summed E-state index contributed by atoms with van der Waals surface area (Å²) < 4.78 is 2.56. The van der Waals surface area contributed by atoms with E-state index in [0.29, 0.717) is 0 Å². The first-order chi connectivity index (χ1) is 9.54. The van der Waals surface area contributed by atoms with Crippen molar-refractivity contribution in [2.45, 2.75) is 26.3 Å². The van der Waals surface area contributed by atoms with Crippen molar-refractivity contribution < 1.29 is 0 Å². The highest BCUT2D eigenvalue weighted by atomic mass is 79.9.